The van der Waals surface area contributed by atoms with E-state index in [-0.39, 0.29) is 12.1 Å². The first-order valence-electron chi connectivity index (χ1n) is 7.90. The van der Waals surface area contributed by atoms with Crippen molar-refractivity contribution in [1.29, 1.82) is 0 Å². The Kier molecular flexibility index (Phi) is 3.69. The van der Waals surface area contributed by atoms with E-state index in [4.69, 9.17) is 11.6 Å². The van der Waals surface area contributed by atoms with E-state index in [1.54, 1.807) is 23.5 Å². The summed E-state index contributed by atoms with van der Waals surface area (Å²) in [5, 5.41) is 7.75. The average Bonchev–Trinajstić information content (AvgIpc) is 3.12. The molecule has 120 valence electrons. The van der Waals surface area contributed by atoms with Crippen LogP contribution in [0.5, 0.6) is 0 Å². The van der Waals surface area contributed by atoms with Crippen LogP contribution < -0.4 is 5.32 Å². The Morgan fingerprint density at radius 1 is 1.35 bits per heavy atom. The summed E-state index contributed by atoms with van der Waals surface area (Å²) >= 11 is 5.91. The smallest absolute Gasteiger partial charge is 0.322 e. The molecule has 7 heteroatoms. The van der Waals surface area contributed by atoms with Crippen LogP contribution in [0.3, 0.4) is 0 Å². The zero-order chi connectivity index (χ0) is 15.8. The number of nitrogens with one attached hydrogen (secondary N) is 1. The molecule has 1 N–H and O–H groups in total. The molecule has 1 saturated heterocycles. The lowest BCUT2D eigenvalue weighted by Gasteiger charge is -2.17. The van der Waals surface area contributed by atoms with Gasteiger partial charge in [-0.1, -0.05) is 11.6 Å². The maximum atomic E-state index is 12.4. The van der Waals surface area contributed by atoms with E-state index < -0.39 is 0 Å². The third kappa shape index (κ3) is 3.17. The predicted octanol–water partition coefficient (Wildman–Crippen LogP) is 3.29. The second-order valence-electron chi connectivity index (χ2n) is 6.21. The van der Waals surface area contributed by atoms with Crippen molar-refractivity contribution >= 4 is 23.4 Å². The third-order valence-electron chi connectivity index (χ3n) is 4.46. The van der Waals surface area contributed by atoms with Gasteiger partial charge in [0.15, 0.2) is 0 Å². The van der Waals surface area contributed by atoms with Crippen LogP contribution in [0.2, 0.25) is 5.02 Å². The molecule has 1 unspecified atom stereocenters. The number of carbonyl (C=O) groups is 1. The van der Waals surface area contributed by atoms with Gasteiger partial charge < -0.3 is 4.90 Å². The van der Waals surface area contributed by atoms with Crippen molar-refractivity contribution in [3.8, 4) is 0 Å². The molecule has 6 nitrogen and oxygen atoms in total. The summed E-state index contributed by atoms with van der Waals surface area (Å²) in [4.78, 5) is 18.5. The Balaban J connectivity index is 1.39. The number of likely N-dealkylation sites (tertiary alicyclic amines) is 1. The van der Waals surface area contributed by atoms with Gasteiger partial charge in [0.25, 0.3) is 0 Å². The fourth-order valence-electron chi connectivity index (χ4n) is 3.03. The monoisotopic (exact) mass is 331 g/mol. The Morgan fingerprint density at radius 3 is 2.96 bits per heavy atom. The van der Waals surface area contributed by atoms with Gasteiger partial charge in [0.05, 0.1) is 17.3 Å². The van der Waals surface area contributed by atoms with Gasteiger partial charge in [0.2, 0.25) is 0 Å². The molecular weight excluding hydrogens is 314 g/mol. The summed E-state index contributed by atoms with van der Waals surface area (Å²) in [6.45, 7) is 1.34. The summed E-state index contributed by atoms with van der Waals surface area (Å²) in [5.74, 6) is 1.28. The normalized spacial score (nSPS) is 20.7. The maximum absolute atomic E-state index is 12.4. The van der Waals surface area contributed by atoms with Crippen molar-refractivity contribution < 1.29 is 4.79 Å². The lowest BCUT2D eigenvalue weighted by Crippen LogP contribution is -2.33. The largest absolute Gasteiger partial charge is 0.323 e. The molecule has 1 atom stereocenters. The van der Waals surface area contributed by atoms with E-state index in [2.05, 4.69) is 15.4 Å². The van der Waals surface area contributed by atoms with Crippen LogP contribution in [-0.2, 0) is 0 Å². The molecule has 0 aromatic carbocycles. The first-order valence-corrected chi connectivity index (χ1v) is 8.28. The number of halogens is 1. The molecule has 1 saturated carbocycles. The fourth-order valence-corrected chi connectivity index (χ4v) is 3.17. The Hall–Kier alpha value is -2.08. The standard InChI is InChI=1S/C16H18ClN5O/c17-13-8-19-22(9-13)14-4-6-21(10-14)16(23)20-15-7-12(3-5-18-15)11-1-2-11/h3,5,7-9,11,14H,1-2,4,6,10H2,(H,18,20,23). The molecule has 23 heavy (non-hydrogen) atoms. The number of urea groups is 1. The minimum Gasteiger partial charge on any atom is -0.322 e. The molecule has 3 heterocycles. The number of nitrogens with zero attached hydrogens (tertiary/aromatic N) is 4. The molecule has 2 amide bonds. The molecule has 2 fully saturated rings. The minimum absolute atomic E-state index is 0.105. The van der Waals surface area contributed by atoms with Crippen LogP contribution in [0.25, 0.3) is 0 Å². The number of pyridine rings is 1. The molecule has 1 aliphatic carbocycles. The third-order valence-corrected chi connectivity index (χ3v) is 4.66. The van der Waals surface area contributed by atoms with Gasteiger partial charge in [-0.3, -0.25) is 10.00 Å². The van der Waals surface area contributed by atoms with Gasteiger partial charge in [-0.05, 0) is 42.9 Å². The maximum Gasteiger partial charge on any atom is 0.323 e. The number of hydrogen-bond donors (Lipinski definition) is 1. The van der Waals surface area contributed by atoms with Crippen molar-refractivity contribution in [2.24, 2.45) is 0 Å². The van der Waals surface area contributed by atoms with E-state index in [1.165, 1.54) is 18.4 Å². The highest BCUT2D eigenvalue weighted by Crippen LogP contribution is 2.40. The molecule has 4 rings (SSSR count). The van der Waals surface area contributed by atoms with Gasteiger partial charge in [-0.15, -0.1) is 0 Å². The predicted molar refractivity (Wildman–Crippen MR) is 87.7 cm³/mol. The number of aromatic nitrogens is 3. The average molecular weight is 332 g/mol. The minimum atomic E-state index is -0.105. The number of carbonyl (C=O) groups excluding carboxylic acids is 1. The highest BCUT2D eigenvalue weighted by Gasteiger charge is 2.28. The number of rotatable bonds is 3. The summed E-state index contributed by atoms with van der Waals surface area (Å²) < 4.78 is 1.83. The molecule has 1 aliphatic heterocycles. The lowest BCUT2D eigenvalue weighted by atomic mass is 10.2. The topological polar surface area (TPSA) is 63.1 Å². The second-order valence-corrected chi connectivity index (χ2v) is 6.64. The molecule has 0 spiro atoms. The highest BCUT2D eigenvalue weighted by molar-refractivity contribution is 6.30. The second kappa shape index (κ2) is 5.85. The Labute approximate surface area is 139 Å². The van der Waals surface area contributed by atoms with Crippen molar-refractivity contribution in [1.82, 2.24) is 19.7 Å². The number of anilines is 1. The van der Waals surface area contributed by atoms with Gasteiger partial charge in [0.1, 0.15) is 5.82 Å². The van der Waals surface area contributed by atoms with Gasteiger partial charge >= 0.3 is 6.03 Å². The first-order chi connectivity index (χ1) is 11.2. The summed E-state index contributed by atoms with van der Waals surface area (Å²) in [6, 6.07) is 4.09. The van der Waals surface area contributed by atoms with Crippen molar-refractivity contribution in [2.75, 3.05) is 18.4 Å². The molecule has 0 radical (unpaired) electrons. The van der Waals surface area contributed by atoms with Gasteiger partial charge in [-0.25, -0.2) is 9.78 Å². The SMILES string of the molecule is O=C(Nc1cc(C2CC2)ccn1)N1CCC(n2cc(Cl)cn2)C1. The zero-order valence-electron chi connectivity index (χ0n) is 12.7. The molecule has 2 aromatic heterocycles. The van der Waals surface area contributed by atoms with E-state index in [0.29, 0.717) is 29.8 Å². The number of hydrogen-bond acceptors (Lipinski definition) is 3. The van der Waals surface area contributed by atoms with Crippen LogP contribution in [0, 0.1) is 0 Å². The first kappa shape index (κ1) is 14.5. The van der Waals surface area contributed by atoms with Crippen molar-refractivity contribution in [3.05, 3.63) is 41.3 Å². The van der Waals surface area contributed by atoms with E-state index in [1.807, 2.05) is 16.8 Å². The molecule has 0 bridgehead atoms. The van der Waals surface area contributed by atoms with Gasteiger partial charge in [-0.2, -0.15) is 5.10 Å². The lowest BCUT2D eigenvalue weighted by molar-refractivity contribution is 0.220. The summed E-state index contributed by atoms with van der Waals surface area (Å²) in [6.07, 6.45) is 8.53. The van der Waals surface area contributed by atoms with Crippen LogP contribution in [0.4, 0.5) is 10.6 Å². The van der Waals surface area contributed by atoms with E-state index >= 15 is 0 Å². The summed E-state index contributed by atoms with van der Waals surface area (Å²) in [7, 11) is 0. The van der Waals surface area contributed by atoms with Crippen LogP contribution >= 0.6 is 11.6 Å². The van der Waals surface area contributed by atoms with Crippen molar-refractivity contribution in [3.63, 3.8) is 0 Å². The zero-order valence-corrected chi connectivity index (χ0v) is 13.4. The van der Waals surface area contributed by atoms with E-state index in [0.717, 1.165) is 6.42 Å². The van der Waals surface area contributed by atoms with E-state index in [9.17, 15) is 4.79 Å². The van der Waals surface area contributed by atoms with Crippen molar-refractivity contribution in [2.45, 2.75) is 31.2 Å². The Bertz CT molecular complexity index is 727. The quantitative estimate of drug-likeness (QED) is 0.938. The van der Waals surface area contributed by atoms with Crippen LogP contribution in [0.15, 0.2) is 30.7 Å². The molecule has 2 aliphatic rings. The number of amides is 2. The molecular formula is C16H18ClN5O. The van der Waals surface area contributed by atoms with Gasteiger partial charge in [0, 0.05) is 25.5 Å². The fraction of sp³-hybridized carbons (Fsp3) is 0.438. The Morgan fingerprint density at radius 2 is 2.22 bits per heavy atom. The summed E-state index contributed by atoms with van der Waals surface area (Å²) in [5.41, 5.74) is 1.26. The highest BCUT2D eigenvalue weighted by atomic mass is 35.5. The molecule has 2 aromatic rings. The van der Waals surface area contributed by atoms with Crippen LogP contribution in [0.1, 0.15) is 36.8 Å². The van der Waals surface area contributed by atoms with Crippen LogP contribution in [-0.4, -0.2) is 38.8 Å².